The van der Waals surface area contributed by atoms with Crippen LogP contribution in [0.1, 0.15) is 59.6 Å². The maximum atomic E-state index is 12.5. The Kier molecular flexibility index (Phi) is 6.38. The van der Waals surface area contributed by atoms with Gasteiger partial charge < -0.3 is 9.88 Å². The molecule has 0 saturated heterocycles. The minimum Gasteiger partial charge on any atom is -0.326 e. The van der Waals surface area contributed by atoms with Crippen LogP contribution in [0, 0.1) is 6.92 Å². The van der Waals surface area contributed by atoms with Crippen molar-refractivity contribution in [2.45, 2.75) is 58.4 Å². The summed E-state index contributed by atoms with van der Waals surface area (Å²) in [6, 6.07) is 9.71. The van der Waals surface area contributed by atoms with Gasteiger partial charge in [0.05, 0.1) is 4.88 Å². The summed E-state index contributed by atoms with van der Waals surface area (Å²) in [7, 11) is 0. The lowest BCUT2D eigenvalue weighted by molar-refractivity contribution is -0.116. The fourth-order valence-electron chi connectivity index (χ4n) is 3.78. The normalized spacial score (nSPS) is 13.5. The van der Waals surface area contributed by atoms with Gasteiger partial charge in [0.25, 0.3) is 0 Å². The SMILES string of the molecule is Cc1ccc(-c2nnc3n2CCCCC3)cc1NC(=O)CCCC(=O)c1cccs1. The number of amides is 1. The first kappa shape index (κ1) is 20.5. The highest BCUT2D eigenvalue weighted by Gasteiger charge is 2.17. The van der Waals surface area contributed by atoms with E-state index in [2.05, 4.69) is 20.1 Å². The van der Waals surface area contributed by atoms with Crippen LogP contribution in [-0.2, 0) is 17.8 Å². The molecule has 2 aromatic heterocycles. The standard InChI is InChI=1S/C23H26N4O2S/c1-16-11-12-17(23-26-25-21-9-3-2-4-13-27(21)23)15-18(16)24-22(29)10-5-7-19(28)20-8-6-14-30-20/h6,8,11-12,14-15H,2-5,7,9-10,13H2,1H3,(H,24,29). The van der Waals surface area contributed by atoms with E-state index in [9.17, 15) is 9.59 Å². The number of anilines is 1. The first-order valence-electron chi connectivity index (χ1n) is 10.5. The molecule has 0 aliphatic carbocycles. The topological polar surface area (TPSA) is 76.9 Å². The lowest BCUT2D eigenvalue weighted by Gasteiger charge is -2.12. The smallest absolute Gasteiger partial charge is 0.224 e. The van der Waals surface area contributed by atoms with Crippen LogP contribution < -0.4 is 5.32 Å². The Morgan fingerprint density at radius 2 is 2.03 bits per heavy atom. The Balaban J connectivity index is 1.40. The third-order valence-corrected chi connectivity index (χ3v) is 6.39. The third kappa shape index (κ3) is 4.67. The van der Waals surface area contributed by atoms with Gasteiger partial charge in [-0.1, -0.05) is 24.6 Å². The molecule has 1 aromatic carbocycles. The molecule has 3 aromatic rings. The summed E-state index contributed by atoms with van der Waals surface area (Å²) in [5.74, 6) is 1.94. The molecule has 0 saturated carbocycles. The second-order valence-corrected chi connectivity index (χ2v) is 8.68. The van der Waals surface area contributed by atoms with E-state index < -0.39 is 0 Å². The second-order valence-electron chi connectivity index (χ2n) is 7.73. The predicted molar refractivity (Wildman–Crippen MR) is 119 cm³/mol. The number of carbonyl (C=O) groups is 2. The molecule has 0 fully saturated rings. The fraction of sp³-hybridized carbons (Fsp3) is 0.391. The number of thiophene rings is 1. The van der Waals surface area contributed by atoms with Crippen molar-refractivity contribution in [2.24, 2.45) is 0 Å². The molecule has 30 heavy (non-hydrogen) atoms. The number of nitrogens with zero attached hydrogens (tertiary/aromatic N) is 3. The molecular weight excluding hydrogens is 396 g/mol. The molecule has 1 aliphatic rings. The largest absolute Gasteiger partial charge is 0.326 e. The van der Waals surface area contributed by atoms with Gasteiger partial charge in [-0.3, -0.25) is 9.59 Å². The number of fused-ring (bicyclic) bond motifs is 1. The predicted octanol–water partition coefficient (Wildman–Crippen LogP) is 5.03. The first-order valence-corrected chi connectivity index (χ1v) is 11.4. The van der Waals surface area contributed by atoms with Crippen LogP contribution in [0.5, 0.6) is 0 Å². The minimum absolute atomic E-state index is 0.0747. The first-order chi connectivity index (χ1) is 14.6. The summed E-state index contributed by atoms with van der Waals surface area (Å²) < 4.78 is 2.21. The molecule has 7 heteroatoms. The van der Waals surface area contributed by atoms with Crippen molar-refractivity contribution in [2.75, 3.05) is 5.32 Å². The zero-order valence-electron chi connectivity index (χ0n) is 17.2. The third-order valence-electron chi connectivity index (χ3n) is 5.48. The molecule has 0 bridgehead atoms. The van der Waals surface area contributed by atoms with Crippen LogP contribution in [0.3, 0.4) is 0 Å². The van der Waals surface area contributed by atoms with E-state index in [1.807, 2.05) is 42.6 Å². The van der Waals surface area contributed by atoms with Crippen LogP contribution >= 0.6 is 11.3 Å². The van der Waals surface area contributed by atoms with E-state index in [1.54, 1.807) is 0 Å². The van der Waals surface area contributed by atoms with Gasteiger partial charge in [-0.05, 0) is 49.3 Å². The quantitative estimate of drug-likeness (QED) is 0.542. The lowest BCUT2D eigenvalue weighted by atomic mass is 10.1. The number of hydrogen-bond donors (Lipinski definition) is 1. The Morgan fingerprint density at radius 1 is 1.13 bits per heavy atom. The maximum absolute atomic E-state index is 12.5. The molecule has 1 aliphatic heterocycles. The molecule has 0 atom stereocenters. The lowest BCUT2D eigenvalue weighted by Crippen LogP contribution is -2.13. The Labute approximate surface area is 180 Å². The van der Waals surface area contributed by atoms with E-state index >= 15 is 0 Å². The summed E-state index contributed by atoms with van der Waals surface area (Å²) >= 11 is 1.44. The van der Waals surface area contributed by atoms with Crippen molar-refractivity contribution in [3.8, 4) is 11.4 Å². The van der Waals surface area contributed by atoms with Crippen molar-refractivity contribution < 1.29 is 9.59 Å². The van der Waals surface area contributed by atoms with Gasteiger partial charge in [-0.2, -0.15) is 0 Å². The van der Waals surface area contributed by atoms with Crippen molar-refractivity contribution in [1.82, 2.24) is 14.8 Å². The van der Waals surface area contributed by atoms with Crippen LogP contribution in [0.15, 0.2) is 35.7 Å². The summed E-state index contributed by atoms with van der Waals surface area (Å²) in [4.78, 5) is 25.3. The van der Waals surface area contributed by atoms with Gasteiger partial charge in [0.15, 0.2) is 11.6 Å². The van der Waals surface area contributed by atoms with Gasteiger partial charge in [-0.15, -0.1) is 21.5 Å². The summed E-state index contributed by atoms with van der Waals surface area (Å²) in [6.07, 6.45) is 5.72. The van der Waals surface area contributed by atoms with Crippen LogP contribution in [-0.4, -0.2) is 26.5 Å². The molecule has 0 spiro atoms. The molecule has 1 amide bonds. The maximum Gasteiger partial charge on any atom is 0.224 e. The van der Waals surface area contributed by atoms with Crippen LogP contribution in [0.2, 0.25) is 0 Å². The molecule has 0 unspecified atom stereocenters. The minimum atomic E-state index is -0.0747. The van der Waals surface area contributed by atoms with Crippen molar-refractivity contribution in [3.05, 3.63) is 52.0 Å². The Bertz CT molecular complexity index is 1040. The highest BCUT2D eigenvalue weighted by molar-refractivity contribution is 7.12. The van der Waals surface area contributed by atoms with Gasteiger partial charge in [0.2, 0.25) is 5.91 Å². The number of ketones is 1. The molecule has 6 nitrogen and oxygen atoms in total. The molecule has 4 rings (SSSR count). The molecule has 1 N–H and O–H groups in total. The highest BCUT2D eigenvalue weighted by Crippen LogP contribution is 2.27. The number of rotatable bonds is 7. The van der Waals surface area contributed by atoms with E-state index in [4.69, 9.17) is 0 Å². The number of Topliss-reactive ketones (excluding diaryl/α,β-unsaturated/α-hetero) is 1. The average Bonchev–Trinajstić information content (AvgIpc) is 3.35. The van der Waals surface area contributed by atoms with Crippen LogP contribution in [0.25, 0.3) is 11.4 Å². The summed E-state index contributed by atoms with van der Waals surface area (Å²) in [6.45, 7) is 2.91. The summed E-state index contributed by atoms with van der Waals surface area (Å²) in [5.41, 5.74) is 2.75. The van der Waals surface area contributed by atoms with Crippen molar-refractivity contribution in [3.63, 3.8) is 0 Å². The molecule has 0 radical (unpaired) electrons. The average molecular weight is 423 g/mol. The highest BCUT2D eigenvalue weighted by atomic mass is 32.1. The van der Waals surface area contributed by atoms with Gasteiger partial charge >= 0.3 is 0 Å². The number of aromatic nitrogens is 3. The Hall–Kier alpha value is -2.80. The Morgan fingerprint density at radius 3 is 2.87 bits per heavy atom. The van der Waals surface area contributed by atoms with E-state index in [0.717, 1.165) is 59.1 Å². The van der Waals surface area contributed by atoms with Crippen LogP contribution in [0.4, 0.5) is 5.69 Å². The van der Waals surface area contributed by atoms with E-state index in [0.29, 0.717) is 19.3 Å². The second kappa shape index (κ2) is 9.34. The molecule has 3 heterocycles. The number of aryl methyl sites for hydroxylation is 2. The number of benzene rings is 1. The zero-order valence-corrected chi connectivity index (χ0v) is 18.0. The van der Waals surface area contributed by atoms with Gasteiger partial charge in [-0.25, -0.2) is 0 Å². The van der Waals surface area contributed by atoms with Gasteiger partial charge in [0.1, 0.15) is 5.82 Å². The van der Waals surface area contributed by atoms with E-state index in [-0.39, 0.29) is 11.7 Å². The number of carbonyl (C=O) groups excluding carboxylic acids is 2. The number of hydrogen-bond acceptors (Lipinski definition) is 5. The zero-order chi connectivity index (χ0) is 20.9. The van der Waals surface area contributed by atoms with Gasteiger partial charge in [0, 0.05) is 37.1 Å². The van der Waals surface area contributed by atoms with Crippen molar-refractivity contribution >= 4 is 28.7 Å². The fourth-order valence-corrected chi connectivity index (χ4v) is 4.47. The van der Waals surface area contributed by atoms with E-state index in [1.165, 1.54) is 17.8 Å². The molecular formula is C23H26N4O2S. The molecule has 156 valence electrons. The number of nitrogens with one attached hydrogen (secondary N) is 1. The summed E-state index contributed by atoms with van der Waals surface area (Å²) in [5, 5.41) is 13.7. The van der Waals surface area contributed by atoms with Crippen molar-refractivity contribution in [1.29, 1.82) is 0 Å². The monoisotopic (exact) mass is 422 g/mol.